The van der Waals surface area contributed by atoms with Crippen molar-refractivity contribution in [3.8, 4) is 5.75 Å². The zero-order chi connectivity index (χ0) is 15.0. The number of methoxy groups -OCH3 is 1. The molecule has 0 radical (unpaired) electrons. The smallest absolute Gasteiger partial charge is 0.137 e. The van der Waals surface area contributed by atoms with Crippen LogP contribution in [0, 0.1) is 6.92 Å². The molecular formula is C17H30NO2+. The predicted octanol–water partition coefficient (Wildman–Crippen LogP) is 2.27. The Morgan fingerprint density at radius 2 is 1.85 bits per heavy atom. The molecule has 0 amide bonds. The van der Waals surface area contributed by atoms with E-state index in [9.17, 15) is 0 Å². The summed E-state index contributed by atoms with van der Waals surface area (Å²) in [7, 11) is 1.74. The molecule has 0 saturated heterocycles. The van der Waals surface area contributed by atoms with Crippen LogP contribution in [0.5, 0.6) is 5.75 Å². The standard InChI is InChI=1S/C17H29NO2/c1-14-13-15(17(2,3)4)7-8-16(14)20-12-10-18-9-6-11-19-5/h7-8,13,18H,6,9-12H2,1-5H3/p+1. The molecule has 1 aromatic carbocycles. The lowest BCUT2D eigenvalue weighted by atomic mass is 9.86. The number of quaternary nitrogens is 1. The molecule has 0 unspecified atom stereocenters. The first kappa shape index (κ1) is 17.0. The SMILES string of the molecule is COCCC[NH2+]CCOc1ccc(C(C)(C)C)cc1C. The van der Waals surface area contributed by atoms with Crippen molar-refractivity contribution in [1.29, 1.82) is 0 Å². The van der Waals surface area contributed by atoms with Gasteiger partial charge < -0.3 is 14.8 Å². The third kappa shape index (κ3) is 5.93. The van der Waals surface area contributed by atoms with E-state index in [4.69, 9.17) is 9.47 Å². The molecule has 0 heterocycles. The minimum atomic E-state index is 0.193. The van der Waals surface area contributed by atoms with Crippen molar-refractivity contribution < 1.29 is 14.8 Å². The van der Waals surface area contributed by atoms with Crippen LogP contribution in [0.2, 0.25) is 0 Å². The summed E-state index contributed by atoms with van der Waals surface area (Å²) < 4.78 is 10.9. The number of aryl methyl sites for hydroxylation is 1. The molecule has 0 aromatic heterocycles. The second-order valence-corrected chi connectivity index (χ2v) is 6.29. The van der Waals surface area contributed by atoms with Crippen LogP contribution in [0.25, 0.3) is 0 Å². The molecule has 0 aliphatic rings. The van der Waals surface area contributed by atoms with Crippen LogP contribution in [-0.4, -0.2) is 33.4 Å². The number of nitrogens with two attached hydrogens (primary N) is 1. The maximum absolute atomic E-state index is 5.85. The van der Waals surface area contributed by atoms with Crippen molar-refractivity contribution in [3.63, 3.8) is 0 Å². The Bertz CT molecular complexity index is 396. The lowest BCUT2D eigenvalue weighted by molar-refractivity contribution is -0.655. The molecule has 3 heteroatoms. The van der Waals surface area contributed by atoms with Crippen LogP contribution in [0.4, 0.5) is 0 Å². The van der Waals surface area contributed by atoms with Crippen LogP contribution in [-0.2, 0) is 10.2 Å². The molecule has 0 spiro atoms. The molecule has 0 fully saturated rings. The first-order valence-electron chi connectivity index (χ1n) is 7.49. The molecule has 0 atom stereocenters. The lowest BCUT2D eigenvalue weighted by Crippen LogP contribution is -2.85. The number of hydrogen-bond donors (Lipinski definition) is 1. The van der Waals surface area contributed by atoms with Gasteiger partial charge in [0.05, 0.1) is 13.2 Å². The van der Waals surface area contributed by atoms with E-state index < -0.39 is 0 Å². The third-order valence-electron chi connectivity index (χ3n) is 3.38. The zero-order valence-corrected chi connectivity index (χ0v) is 13.7. The Morgan fingerprint density at radius 1 is 1.10 bits per heavy atom. The van der Waals surface area contributed by atoms with Crippen LogP contribution >= 0.6 is 0 Å². The van der Waals surface area contributed by atoms with E-state index in [1.54, 1.807) is 7.11 Å². The quantitative estimate of drug-likeness (QED) is 0.741. The molecule has 0 aliphatic carbocycles. The number of rotatable bonds is 8. The highest BCUT2D eigenvalue weighted by molar-refractivity contribution is 5.38. The van der Waals surface area contributed by atoms with Crippen molar-refractivity contribution in [2.24, 2.45) is 0 Å². The highest BCUT2D eigenvalue weighted by atomic mass is 16.5. The maximum atomic E-state index is 5.85. The van der Waals surface area contributed by atoms with E-state index in [0.717, 1.165) is 38.5 Å². The van der Waals surface area contributed by atoms with Crippen molar-refractivity contribution >= 4 is 0 Å². The normalized spacial score (nSPS) is 11.7. The fourth-order valence-corrected chi connectivity index (χ4v) is 2.05. The van der Waals surface area contributed by atoms with Crippen molar-refractivity contribution in [3.05, 3.63) is 29.3 Å². The van der Waals surface area contributed by atoms with Gasteiger partial charge in [0.15, 0.2) is 0 Å². The second-order valence-electron chi connectivity index (χ2n) is 6.29. The highest BCUT2D eigenvalue weighted by Gasteiger charge is 2.14. The summed E-state index contributed by atoms with van der Waals surface area (Å²) in [6.45, 7) is 12.5. The third-order valence-corrected chi connectivity index (χ3v) is 3.38. The van der Waals surface area contributed by atoms with Gasteiger partial charge in [0, 0.05) is 13.5 Å². The average Bonchev–Trinajstić information content (AvgIpc) is 2.38. The molecule has 1 rings (SSSR count). The van der Waals surface area contributed by atoms with Crippen molar-refractivity contribution in [2.75, 3.05) is 33.4 Å². The first-order valence-corrected chi connectivity index (χ1v) is 7.49. The van der Waals surface area contributed by atoms with Gasteiger partial charge in [-0.1, -0.05) is 32.9 Å². The van der Waals surface area contributed by atoms with Gasteiger partial charge in [-0.3, -0.25) is 0 Å². The summed E-state index contributed by atoms with van der Waals surface area (Å²) in [5.74, 6) is 1.00. The molecule has 20 heavy (non-hydrogen) atoms. The summed E-state index contributed by atoms with van der Waals surface area (Å²) in [5, 5.41) is 2.28. The minimum Gasteiger partial charge on any atom is -0.487 e. The molecule has 114 valence electrons. The largest absolute Gasteiger partial charge is 0.487 e. The topological polar surface area (TPSA) is 35.1 Å². The predicted molar refractivity (Wildman–Crippen MR) is 83.5 cm³/mol. The number of benzene rings is 1. The molecule has 0 saturated carbocycles. The van der Waals surface area contributed by atoms with E-state index in [1.165, 1.54) is 11.1 Å². The second kappa shape index (κ2) is 8.28. The summed E-state index contributed by atoms with van der Waals surface area (Å²) in [6, 6.07) is 6.50. The van der Waals surface area contributed by atoms with E-state index in [2.05, 4.69) is 51.2 Å². The van der Waals surface area contributed by atoms with E-state index in [1.807, 2.05) is 0 Å². The maximum Gasteiger partial charge on any atom is 0.137 e. The molecule has 3 nitrogen and oxygen atoms in total. The van der Waals surface area contributed by atoms with Gasteiger partial charge in [0.2, 0.25) is 0 Å². The molecule has 0 bridgehead atoms. The Hall–Kier alpha value is -1.06. The Labute approximate surface area is 123 Å². The van der Waals surface area contributed by atoms with Gasteiger partial charge in [-0.05, 0) is 29.5 Å². The van der Waals surface area contributed by atoms with Crippen LogP contribution < -0.4 is 10.1 Å². The minimum absolute atomic E-state index is 0.193. The molecule has 2 N–H and O–H groups in total. The van der Waals surface area contributed by atoms with Gasteiger partial charge >= 0.3 is 0 Å². The zero-order valence-electron chi connectivity index (χ0n) is 13.7. The van der Waals surface area contributed by atoms with E-state index >= 15 is 0 Å². The van der Waals surface area contributed by atoms with Crippen LogP contribution in [0.3, 0.4) is 0 Å². The lowest BCUT2D eigenvalue weighted by Gasteiger charge is -2.20. The Morgan fingerprint density at radius 3 is 2.45 bits per heavy atom. The highest BCUT2D eigenvalue weighted by Crippen LogP contribution is 2.27. The Balaban J connectivity index is 2.34. The Kier molecular flexibility index (Phi) is 7.03. The van der Waals surface area contributed by atoms with Gasteiger partial charge in [0.1, 0.15) is 18.9 Å². The first-order chi connectivity index (χ1) is 9.45. The van der Waals surface area contributed by atoms with E-state index in [-0.39, 0.29) is 5.41 Å². The van der Waals surface area contributed by atoms with Crippen LogP contribution in [0.1, 0.15) is 38.3 Å². The molecule has 0 aliphatic heterocycles. The average molecular weight is 280 g/mol. The van der Waals surface area contributed by atoms with Crippen molar-refractivity contribution in [2.45, 2.75) is 39.5 Å². The summed E-state index contributed by atoms with van der Waals surface area (Å²) in [4.78, 5) is 0. The van der Waals surface area contributed by atoms with E-state index in [0.29, 0.717) is 0 Å². The summed E-state index contributed by atoms with van der Waals surface area (Å²) in [5.41, 5.74) is 2.77. The summed E-state index contributed by atoms with van der Waals surface area (Å²) in [6.07, 6.45) is 1.09. The fourth-order valence-electron chi connectivity index (χ4n) is 2.05. The van der Waals surface area contributed by atoms with Gasteiger partial charge in [0.25, 0.3) is 0 Å². The number of hydrogen-bond acceptors (Lipinski definition) is 2. The van der Waals surface area contributed by atoms with Gasteiger partial charge in [-0.15, -0.1) is 0 Å². The number of ether oxygens (including phenoxy) is 2. The van der Waals surface area contributed by atoms with Crippen LogP contribution in [0.15, 0.2) is 18.2 Å². The molecule has 1 aromatic rings. The van der Waals surface area contributed by atoms with Gasteiger partial charge in [-0.2, -0.15) is 0 Å². The molecular weight excluding hydrogens is 250 g/mol. The monoisotopic (exact) mass is 280 g/mol. The fraction of sp³-hybridized carbons (Fsp3) is 0.647. The summed E-state index contributed by atoms with van der Waals surface area (Å²) >= 11 is 0. The van der Waals surface area contributed by atoms with Crippen molar-refractivity contribution in [1.82, 2.24) is 0 Å². The van der Waals surface area contributed by atoms with Gasteiger partial charge in [-0.25, -0.2) is 0 Å².